The van der Waals surface area contributed by atoms with Gasteiger partial charge in [0.05, 0.1) is 3.79 Å². The van der Waals surface area contributed by atoms with Crippen LogP contribution in [0.3, 0.4) is 0 Å². The fourth-order valence-corrected chi connectivity index (χ4v) is 5.01. The Labute approximate surface area is 125 Å². The zero-order chi connectivity index (χ0) is 15.0. The maximum absolute atomic E-state index is 12.2. The van der Waals surface area contributed by atoms with Gasteiger partial charge < -0.3 is 5.11 Å². The van der Waals surface area contributed by atoms with Crippen LogP contribution in [0.25, 0.3) is 0 Å². The number of sulfonamides is 1. The SMILES string of the molecule is Cc1cc(S(=O)(=O)N[C@@H](C(=O)O)C(C)(C)C)sc1Br. The van der Waals surface area contributed by atoms with E-state index in [0.717, 1.165) is 20.7 Å². The summed E-state index contributed by atoms with van der Waals surface area (Å²) in [5, 5.41) is 9.15. The predicted octanol–water partition coefficient (Wildman–Crippen LogP) is 2.60. The minimum Gasteiger partial charge on any atom is -0.480 e. The summed E-state index contributed by atoms with van der Waals surface area (Å²) in [4.78, 5) is 11.2. The van der Waals surface area contributed by atoms with E-state index in [0.29, 0.717) is 0 Å². The van der Waals surface area contributed by atoms with Gasteiger partial charge in [0.2, 0.25) is 0 Å². The van der Waals surface area contributed by atoms with Gasteiger partial charge in [0, 0.05) is 0 Å². The molecule has 0 amide bonds. The zero-order valence-corrected chi connectivity index (χ0v) is 14.2. The average Bonchev–Trinajstić information content (AvgIpc) is 2.55. The molecule has 0 radical (unpaired) electrons. The molecule has 5 nitrogen and oxygen atoms in total. The molecule has 0 aromatic carbocycles. The minimum absolute atomic E-state index is 0.104. The number of carboxylic acids is 1. The largest absolute Gasteiger partial charge is 0.480 e. The Hall–Kier alpha value is -0.440. The van der Waals surface area contributed by atoms with Crippen molar-refractivity contribution < 1.29 is 18.3 Å². The van der Waals surface area contributed by atoms with Gasteiger partial charge >= 0.3 is 5.97 Å². The van der Waals surface area contributed by atoms with Crippen LogP contribution in [0.2, 0.25) is 0 Å². The van der Waals surface area contributed by atoms with Gasteiger partial charge in [0.25, 0.3) is 10.0 Å². The van der Waals surface area contributed by atoms with Crippen molar-refractivity contribution in [3.8, 4) is 0 Å². The van der Waals surface area contributed by atoms with Crippen molar-refractivity contribution in [2.75, 3.05) is 0 Å². The lowest BCUT2D eigenvalue weighted by Gasteiger charge is -2.27. The van der Waals surface area contributed by atoms with Crippen LogP contribution in [0.1, 0.15) is 26.3 Å². The number of carbonyl (C=O) groups is 1. The van der Waals surface area contributed by atoms with Gasteiger partial charge in [-0.2, -0.15) is 4.72 Å². The summed E-state index contributed by atoms with van der Waals surface area (Å²) in [7, 11) is -3.83. The molecule has 2 N–H and O–H groups in total. The summed E-state index contributed by atoms with van der Waals surface area (Å²) >= 11 is 4.31. The molecule has 0 aliphatic carbocycles. The van der Waals surface area contributed by atoms with Crippen molar-refractivity contribution in [2.24, 2.45) is 5.41 Å². The number of aryl methyl sites for hydroxylation is 1. The lowest BCUT2D eigenvalue weighted by molar-refractivity contribution is -0.141. The summed E-state index contributed by atoms with van der Waals surface area (Å²) in [6.07, 6.45) is 0. The van der Waals surface area contributed by atoms with Gasteiger partial charge in [-0.3, -0.25) is 4.79 Å². The Morgan fingerprint density at radius 1 is 1.47 bits per heavy atom. The number of nitrogens with one attached hydrogen (secondary N) is 1. The highest BCUT2D eigenvalue weighted by molar-refractivity contribution is 9.11. The third-order valence-corrected chi connectivity index (χ3v) is 6.52. The van der Waals surface area contributed by atoms with Crippen molar-refractivity contribution in [1.29, 1.82) is 0 Å². The molecule has 0 aliphatic heterocycles. The van der Waals surface area contributed by atoms with Crippen LogP contribution in [0.4, 0.5) is 0 Å². The molecule has 0 bridgehead atoms. The smallest absolute Gasteiger partial charge is 0.322 e. The fraction of sp³-hybridized carbons (Fsp3) is 0.545. The molecule has 8 heteroatoms. The maximum atomic E-state index is 12.2. The highest BCUT2D eigenvalue weighted by atomic mass is 79.9. The fourth-order valence-electron chi connectivity index (χ4n) is 1.38. The number of thiophene rings is 1. The minimum atomic E-state index is -3.83. The van der Waals surface area contributed by atoms with E-state index in [1.54, 1.807) is 27.7 Å². The number of hydrogen-bond acceptors (Lipinski definition) is 4. The summed E-state index contributed by atoms with van der Waals surface area (Å²) in [6, 6.07) is 0.331. The quantitative estimate of drug-likeness (QED) is 0.854. The Bertz CT molecular complexity index is 567. The number of hydrogen-bond donors (Lipinski definition) is 2. The van der Waals surface area contributed by atoms with Crippen LogP contribution < -0.4 is 4.72 Å². The van der Waals surface area contributed by atoms with E-state index in [-0.39, 0.29) is 4.21 Å². The van der Waals surface area contributed by atoms with Crippen molar-refractivity contribution in [1.82, 2.24) is 4.72 Å². The molecular weight excluding hydrogens is 354 g/mol. The first-order valence-electron chi connectivity index (χ1n) is 5.46. The summed E-state index contributed by atoms with van der Waals surface area (Å²) in [6.45, 7) is 6.79. The highest BCUT2D eigenvalue weighted by Crippen LogP contribution is 2.31. The molecule has 0 aliphatic rings. The first-order chi connectivity index (χ1) is 8.45. The predicted molar refractivity (Wildman–Crippen MR) is 78.0 cm³/mol. The zero-order valence-electron chi connectivity index (χ0n) is 11.0. The van der Waals surface area contributed by atoms with E-state index < -0.39 is 27.4 Å². The Morgan fingerprint density at radius 2 is 2.00 bits per heavy atom. The molecular formula is C11H16BrNO4S2. The van der Waals surface area contributed by atoms with E-state index in [2.05, 4.69) is 20.7 Å². The van der Waals surface area contributed by atoms with Crippen LogP contribution >= 0.6 is 27.3 Å². The normalized spacial score (nSPS) is 14.4. The van der Waals surface area contributed by atoms with E-state index in [1.165, 1.54) is 6.07 Å². The van der Waals surface area contributed by atoms with Gasteiger partial charge in [-0.1, -0.05) is 20.8 Å². The molecule has 1 rings (SSSR count). The molecule has 0 saturated carbocycles. The van der Waals surface area contributed by atoms with E-state index in [4.69, 9.17) is 5.11 Å². The van der Waals surface area contributed by atoms with E-state index >= 15 is 0 Å². The molecule has 1 atom stereocenters. The number of rotatable bonds is 4. The van der Waals surface area contributed by atoms with E-state index in [1.807, 2.05) is 0 Å². The van der Waals surface area contributed by atoms with E-state index in [9.17, 15) is 13.2 Å². The molecule has 0 fully saturated rings. The van der Waals surface area contributed by atoms with Gasteiger partial charge in [-0.05, 0) is 39.9 Å². The van der Waals surface area contributed by atoms with Crippen molar-refractivity contribution in [2.45, 2.75) is 37.9 Å². The van der Waals surface area contributed by atoms with Crippen LogP contribution in [0.15, 0.2) is 14.1 Å². The van der Waals surface area contributed by atoms with Gasteiger partial charge in [0.1, 0.15) is 10.3 Å². The van der Waals surface area contributed by atoms with Crippen molar-refractivity contribution in [3.05, 3.63) is 15.4 Å². The summed E-state index contributed by atoms with van der Waals surface area (Å²) in [5.41, 5.74) is 0.0793. The first kappa shape index (κ1) is 16.6. The third kappa shape index (κ3) is 4.01. The van der Waals surface area contributed by atoms with Crippen molar-refractivity contribution in [3.63, 3.8) is 0 Å². The second-order valence-electron chi connectivity index (χ2n) is 5.28. The molecule has 108 valence electrons. The molecule has 1 heterocycles. The third-order valence-electron chi connectivity index (χ3n) is 2.49. The molecule has 19 heavy (non-hydrogen) atoms. The average molecular weight is 370 g/mol. The lowest BCUT2D eigenvalue weighted by atomic mass is 9.88. The van der Waals surface area contributed by atoms with Crippen molar-refractivity contribution >= 4 is 43.3 Å². The van der Waals surface area contributed by atoms with Gasteiger partial charge in [-0.15, -0.1) is 11.3 Å². The molecule has 0 spiro atoms. The molecule has 0 unspecified atom stereocenters. The summed E-state index contributed by atoms with van der Waals surface area (Å²) < 4.78 is 27.4. The highest BCUT2D eigenvalue weighted by Gasteiger charge is 2.35. The Morgan fingerprint density at radius 3 is 2.32 bits per heavy atom. The molecule has 0 saturated heterocycles. The van der Waals surface area contributed by atoms with Crippen LogP contribution in [0.5, 0.6) is 0 Å². The molecule has 1 aromatic heterocycles. The second kappa shape index (κ2) is 5.51. The summed E-state index contributed by atoms with van der Waals surface area (Å²) in [5.74, 6) is -1.19. The van der Waals surface area contributed by atoms with Gasteiger partial charge in [0.15, 0.2) is 0 Å². The Kier molecular flexibility index (Phi) is 4.82. The standard InChI is InChI=1S/C11H16BrNO4S2/c1-6-5-7(18-9(6)12)19(16,17)13-8(10(14)15)11(2,3)4/h5,8,13H,1-4H3,(H,14,15)/t8-/m0/s1. The molecule has 1 aromatic rings. The first-order valence-corrected chi connectivity index (χ1v) is 8.55. The number of carboxylic acid groups (broad SMARTS) is 1. The van der Waals surface area contributed by atoms with Crippen LogP contribution in [-0.4, -0.2) is 25.5 Å². The van der Waals surface area contributed by atoms with Crippen LogP contribution in [-0.2, 0) is 14.8 Å². The lowest BCUT2D eigenvalue weighted by Crippen LogP contribution is -2.48. The topological polar surface area (TPSA) is 83.5 Å². The second-order valence-corrected chi connectivity index (χ2v) is 9.59. The monoisotopic (exact) mass is 369 g/mol. The van der Waals surface area contributed by atoms with Gasteiger partial charge in [-0.25, -0.2) is 8.42 Å². The number of halogens is 1. The number of aliphatic carboxylic acids is 1. The maximum Gasteiger partial charge on any atom is 0.322 e. The van der Waals surface area contributed by atoms with Crippen LogP contribution in [0, 0.1) is 12.3 Å². The Balaban J connectivity index is 3.11.